The Hall–Kier alpha value is -1.31. The molecule has 0 aromatic heterocycles. The van der Waals surface area contributed by atoms with Gasteiger partial charge in [0.25, 0.3) is 0 Å². The summed E-state index contributed by atoms with van der Waals surface area (Å²) in [7, 11) is 1.88. The Kier molecular flexibility index (Phi) is 2.29. The van der Waals surface area contributed by atoms with E-state index in [1.807, 2.05) is 18.0 Å². The summed E-state index contributed by atoms with van der Waals surface area (Å²) in [5.74, 6) is 0.233. The van der Waals surface area contributed by atoms with Crippen LogP contribution < -0.4 is 0 Å². The number of hydrogen-bond donors (Lipinski definition) is 0. The number of fused-ring (bicyclic) bond motifs is 1. The molecule has 0 saturated heterocycles. The minimum absolute atomic E-state index is 0.0432. The zero-order valence-corrected chi connectivity index (χ0v) is 9.58. The van der Waals surface area contributed by atoms with Crippen molar-refractivity contribution in [2.75, 3.05) is 7.05 Å². The standard InChI is InChI=1S/C13H17NO/c1-13(2)8-12(15)14(3)9-10-6-4-5-7-11(10)13/h4-7H,8-9H2,1-3H3. The molecule has 0 unspecified atom stereocenters. The molecule has 0 bridgehead atoms. The van der Waals surface area contributed by atoms with Crippen LogP contribution in [0.2, 0.25) is 0 Å². The Morgan fingerprint density at radius 1 is 1.27 bits per heavy atom. The number of amides is 1. The van der Waals surface area contributed by atoms with Gasteiger partial charge in [0.2, 0.25) is 5.91 Å². The van der Waals surface area contributed by atoms with Gasteiger partial charge >= 0.3 is 0 Å². The number of carbonyl (C=O) groups excluding carboxylic acids is 1. The smallest absolute Gasteiger partial charge is 0.223 e. The average molecular weight is 203 g/mol. The SMILES string of the molecule is CN1Cc2ccccc2C(C)(C)CC1=O. The highest BCUT2D eigenvalue weighted by Crippen LogP contribution is 2.33. The lowest BCUT2D eigenvalue weighted by molar-refractivity contribution is -0.131. The summed E-state index contributed by atoms with van der Waals surface area (Å²) in [6.45, 7) is 5.02. The molecule has 2 rings (SSSR count). The van der Waals surface area contributed by atoms with Crippen LogP contribution in [0.25, 0.3) is 0 Å². The Morgan fingerprint density at radius 3 is 2.67 bits per heavy atom. The van der Waals surface area contributed by atoms with Crippen LogP contribution >= 0.6 is 0 Å². The zero-order valence-electron chi connectivity index (χ0n) is 9.58. The fourth-order valence-corrected chi connectivity index (χ4v) is 2.27. The molecule has 1 aliphatic heterocycles. The van der Waals surface area contributed by atoms with Crippen LogP contribution in [0.5, 0.6) is 0 Å². The maximum Gasteiger partial charge on any atom is 0.223 e. The van der Waals surface area contributed by atoms with E-state index >= 15 is 0 Å². The van der Waals surface area contributed by atoms with Gasteiger partial charge in [-0.05, 0) is 16.5 Å². The van der Waals surface area contributed by atoms with Gasteiger partial charge < -0.3 is 4.90 Å². The molecule has 80 valence electrons. The normalized spacial score (nSPS) is 19.7. The summed E-state index contributed by atoms with van der Waals surface area (Å²) in [5, 5.41) is 0. The van der Waals surface area contributed by atoms with Crippen LogP contribution in [0.1, 0.15) is 31.4 Å². The lowest BCUT2D eigenvalue weighted by atomic mass is 9.80. The predicted octanol–water partition coefficient (Wildman–Crippen LogP) is 2.33. The van der Waals surface area contributed by atoms with Crippen molar-refractivity contribution in [1.29, 1.82) is 0 Å². The molecule has 1 aromatic rings. The van der Waals surface area contributed by atoms with Gasteiger partial charge in [-0.25, -0.2) is 0 Å². The molecule has 0 fully saturated rings. The average Bonchev–Trinajstić information content (AvgIpc) is 2.24. The summed E-state index contributed by atoms with van der Waals surface area (Å²) >= 11 is 0. The third-order valence-electron chi connectivity index (χ3n) is 3.17. The van der Waals surface area contributed by atoms with Crippen molar-refractivity contribution in [2.45, 2.75) is 32.2 Å². The van der Waals surface area contributed by atoms with Crippen LogP contribution in [0.3, 0.4) is 0 Å². The molecule has 1 aromatic carbocycles. The largest absolute Gasteiger partial charge is 0.341 e. The van der Waals surface area contributed by atoms with E-state index in [2.05, 4.69) is 32.0 Å². The van der Waals surface area contributed by atoms with Crippen LogP contribution in [0.4, 0.5) is 0 Å². The molecule has 1 amide bonds. The Labute approximate surface area is 90.9 Å². The highest BCUT2D eigenvalue weighted by atomic mass is 16.2. The van der Waals surface area contributed by atoms with Gasteiger partial charge in [-0.2, -0.15) is 0 Å². The van der Waals surface area contributed by atoms with Gasteiger partial charge in [-0.15, -0.1) is 0 Å². The highest BCUT2D eigenvalue weighted by molar-refractivity contribution is 5.78. The van der Waals surface area contributed by atoms with E-state index in [9.17, 15) is 4.79 Å². The molecule has 0 spiro atoms. The lowest BCUT2D eigenvalue weighted by Gasteiger charge is -2.23. The Morgan fingerprint density at radius 2 is 1.93 bits per heavy atom. The minimum atomic E-state index is -0.0432. The van der Waals surface area contributed by atoms with Crippen molar-refractivity contribution in [2.24, 2.45) is 0 Å². The van der Waals surface area contributed by atoms with Crippen molar-refractivity contribution in [3.05, 3.63) is 35.4 Å². The van der Waals surface area contributed by atoms with E-state index in [-0.39, 0.29) is 11.3 Å². The van der Waals surface area contributed by atoms with Gasteiger partial charge in [0.15, 0.2) is 0 Å². The number of nitrogens with zero attached hydrogens (tertiary/aromatic N) is 1. The zero-order chi connectivity index (χ0) is 11.1. The molecule has 1 aliphatic rings. The van der Waals surface area contributed by atoms with E-state index in [0.717, 1.165) is 6.54 Å². The molecule has 0 aliphatic carbocycles. The molecule has 0 atom stereocenters. The fraction of sp³-hybridized carbons (Fsp3) is 0.462. The first-order valence-corrected chi connectivity index (χ1v) is 5.33. The van der Waals surface area contributed by atoms with Crippen LogP contribution in [-0.4, -0.2) is 17.9 Å². The molecule has 15 heavy (non-hydrogen) atoms. The van der Waals surface area contributed by atoms with E-state index in [1.54, 1.807) is 0 Å². The number of rotatable bonds is 0. The molecule has 0 saturated carbocycles. The molecule has 2 heteroatoms. The van der Waals surface area contributed by atoms with Crippen molar-refractivity contribution >= 4 is 5.91 Å². The monoisotopic (exact) mass is 203 g/mol. The van der Waals surface area contributed by atoms with Gasteiger partial charge in [-0.3, -0.25) is 4.79 Å². The van der Waals surface area contributed by atoms with E-state index < -0.39 is 0 Å². The summed E-state index contributed by atoms with van der Waals surface area (Å²) in [6, 6.07) is 8.35. The summed E-state index contributed by atoms with van der Waals surface area (Å²) in [5.41, 5.74) is 2.54. The van der Waals surface area contributed by atoms with Gasteiger partial charge in [0.05, 0.1) is 0 Å². The fourth-order valence-electron chi connectivity index (χ4n) is 2.27. The second-order valence-corrected chi connectivity index (χ2v) is 4.97. The predicted molar refractivity (Wildman–Crippen MR) is 60.6 cm³/mol. The third-order valence-corrected chi connectivity index (χ3v) is 3.17. The molecule has 1 heterocycles. The second-order valence-electron chi connectivity index (χ2n) is 4.97. The van der Waals surface area contributed by atoms with E-state index in [1.165, 1.54) is 11.1 Å². The van der Waals surface area contributed by atoms with Crippen molar-refractivity contribution in [3.8, 4) is 0 Å². The summed E-state index contributed by atoms with van der Waals surface area (Å²) in [4.78, 5) is 13.6. The topological polar surface area (TPSA) is 20.3 Å². The number of hydrogen-bond acceptors (Lipinski definition) is 1. The maximum absolute atomic E-state index is 11.8. The molecule has 0 N–H and O–H groups in total. The summed E-state index contributed by atoms with van der Waals surface area (Å²) in [6.07, 6.45) is 0.598. The first kappa shape index (κ1) is 10.2. The van der Waals surface area contributed by atoms with Crippen LogP contribution in [-0.2, 0) is 16.8 Å². The quantitative estimate of drug-likeness (QED) is 0.633. The molecular weight excluding hydrogens is 186 g/mol. The first-order valence-electron chi connectivity index (χ1n) is 5.33. The van der Waals surface area contributed by atoms with Crippen molar-refractivity contribution in [1.82, 2.24) is 4.90 Å². The van der Waals surface area contributed by atoms with Gasteiger partial charge in [-0.1, -0.05) is 38.1 Å². The van der Waals surface area contributed by atoms with Crippen molar-refractivity contribution < 1.29 is 4.79 Å². The molecular formula is C13H17NO. The van der Waals surface area contributed by atoms with E-state index in [4.69, 9.17) is 0 Å². The first-order chi connectivity index (χ1) is 7.00. The maximum atomic E-state index is 11.8. The van der Waals surface area contributed by atoms with E-state index in [0.29, 0.717) is 6.42 Å². The van der Waals surface area contributed by atoms with Crippen LogP contribution in [0, 0.1) is 0 Å². The summed E-state index contributed by atoms with van der Waals surface area (Å²) < 4.78 is 0. The minimum Gasteiger partial charge on any atom is -0.341 e. The highest BCUT2D eigenvalue weighted by Gasteiger charge is 2.31. The Bertz CT molecular complexity index is 395. The number of carbonyl (C=O) groups is 1. The Balaban J connectivity index is 2.52. The van der Waals surface area contributed by atoms with Crippen molar-refractivity contribution in [3.63, 3.8) is 0 Å². The molecule has 2 nitrogen and oxygen atoms in total. The second kappa shape index (κ2) is 3.37. The molecule has 0 radical (unpaired) electrons. The van der Waals surface area contributed by atoms with Gasteiger partial charge in [0.1, 0.15) is 0 Å². The lowest BCUT2D eigenvalue weighted by Crippen LogP contribution is -2.28. The third kappa shape index (κ3) is 1.76. The number of benzene rings is 1. The van der Waals surface area contributed by atoms with Gasteiger partial charge in [0, 0.05) is 20.0 Å². The van der Waals surface area contributed by atoms with Crippen LogP contribution in [0.15, 0.2) is 24.3 Å².